The fourth-order valence-electron chi connectivity index (χ4n) is 2.36. The molecule has 2 aromatic carbocycles. The molecule has 0 aliphatic heterocycles. The van der Waals surface area contributed by atoms with E-state index in [1.54, 1.807) is 6.20 Å². The predicted octanol–water partition coefficient (Wildman–Crippen LogP) is 3.88. The summed E-state index contributed by atoms with van der Waals surface area (Å²) in [4.78, 5) is 15.5. The maximum Gasteiger partial charge on any atom is 0.249 e. The quantitative estimate of drug-likeness (QED) is 0.626. The molecule has 0 atom stereocenters. The number of carbonyl (C=O) groups excluding carboxylic acids is 1. The number of aryl methyl sites for hydroxylation is 1. The summed E-state index contributed by atoms with van der Waals surface area (Å²) in [7, 11) is 0. The molecule has 3 rings (SSSR count). The number of amides is 1. The van der Waals surface area contributed by atoms with Gasteiger partial charge < -0.3 is 16.0 Å². The Kier molecular flexibility index (Phi) is 5.38. The van der Waals surface area contributed by atoms with Gasteiger partial charge in [0.25, 0.3) is 0 Å². The van der Waals surface area contributed by atoms with Crippen LogP contribution >= 0.6 is 0 Å². The topological polar surface area (TPSA) is 91.8 Å². The van der Waals surface area contributed by atoms with Crippen molar-refractivity contribution in [2.45, 2.75) is 20.3 Å². The molecule has 3 aromatic rings. The van der Waals surface area contributed by atoms with Gasteiger partial charge in [-0.05, 0) is 48.4 Å². The highest BCUT2D eigenvalue weighted by Crippen LogP contribution is 2.19. The van der Waals surface area contributed by atoms with E-state index in [9.17, 15) is 4.79 Å². The van der Waals surface area contributed by atoms with Crippen molar-refractivity contribution in [2.24, 2.45) is 0 Å². The van der Waals surface area contributed by atoms with Crippen molar-refractivity contribution in [3.05, 3.63) is 60.3 Å². The highest BCUT2D eigenvalue weighted by Gasteiger charge is 2.03. The Morgan fingerprint density at radius 3 is 2.19 bits per heavy atom. The van der Waals surface area contributed by atoms with Crippen molar-refractivity contribution in [3.8, 4) is 0 Å². The summed E-state index contributed by atoms with van der Waals surface area (Å²) >= 11 is 0. The van der Waals surface area contributed by atoms with Gasteiger partial charge in [-0.3, -0.25) is 4.79 Å². The first-order chi connectivity index (χ1) is 12.6. The minimum atomic E-state index is -0.103. The molecule has 0 bridgehead atoms. The second-order valence-corrected chi connectivity index (χ2v) is 5.72. The van der Waals surface area contributed by atoms with Gasteiger partial charge in [0.1, 0.15) is 0 Å². The van der Waals surface area contributed by atoms with Crippen LogP contribution in [0.25, 0.3) is 0 Å². The minimum absolute atomic E-state index is 0.103. The molecule has 1 heterocycles. The Bertz CT molecular complexity index is 877. The summed E-state index contributed by atoms with van der Waals surface area (Å²) in [5.74, 6) is 0.877. The standard InChI is InChI=1S/C19H20N6O/c1-3-14-4-6-17(7-5-14)23-19-24-18(12-20-25-19)22-16-10-8-15(9-11-16)21-13(2)26/h4-12H,3H2,1-2H3,(H,21,26)(H2,22,23,24,25). The van der Waals surface area contributed by atoms with Crippen molar-refractivity contribution < 1.29 is 4.79 Å². The first kappa shape index (κ1) is 17.3. The van der Waals surface area contributed by atoms with E-state index in [2.05, 4.69) is 50.2 Å². The van der Waals surface area contributed by atoms with Gasteiger partial charge in [-0.2, -0.15) is 10.1 Å². The number of nitrogens with zero attached hydrogens (tertiary/aromatic N) is 3. The van der Waals surface area contributed by atoms with E-state index >= 15 is 0 Å². The highest BCUT2D eigenvalue weighted by molar-refractivity contribution is 5.88. The van der Waals surface area contributed by atoms with Crippen molar-refractivity contribution in [2.75, 3.05) is 16.0 Å². The molecule has 1 aromatic heterocycles. The number of anilines is 5. The molecule has 3 N–H and O–H groups in total. The van der Waals surface area contributed by atoms with Gasteiger partial charge in [-0.1, -0.05) is 19.1 Å². The molecular formula is C19H20N6O. The van der Waals surface area contributed by atoms with E-state index in [1.807, 2.05) is 36.4 Å². The second-order valence-electron chi connectivity index (χ2n) is 5.72. The molecule has 0 aliphatic carbocycles. The fourth-order valence-corrected chi connectivity index (χ4v) is 2.36. The lowest BCUT2D eigenvalue weighted by Crippen LogP contribution is -2.05. The summed E-state index contributed by atoms with van der Waals surface area (Å²) in [6.07, 6.45) is 2.55. The van der Waals surface area contributed by atoms with E-state index in [0.717, 1.165) is 23.5 Å². The van der Waals surface area contributed by atoms with Gasteiger partial charge in [-0.15, -0.1) is 5.10 Å². The first-order valence-electron chi connectivity index (χ1n) is 8.33. The molecule has 0 spiro atoms. The number of hydrogen-bond acceptors (Lipinski definition) is 6. The number of carbonyl (C=O) groups is 1. The smallest absolute Gasteiger partial charge is 0.249 e. The van der Waals surface area contributed by atoms with Gasteiger partial charge in [0, 0.05) is 24.0 Å². The number of aromatic nitrogens is 3. The molecule has 0 radical (unpaired) electrons. The Labute approximate surface area is 151 Å². The van der Waals surface area contributed by atoms with Crippen molar-refractivity contribution in [1.29, 1.82) is 0 Å². The van der Waals surface area contributed by atoms with E-state index in [0.29, 0.717) is 11.8 Å². The number of hydrogen-bond donors (Lipinski definition) is 3. The van der Waals surface area contributed by atoms with Crippen molar-refractivity contribution in [1.82, 2.24) is 15.2 Å². The Balaban J connectivity index is 1.67. The monoisotopic (exact) mass is 348 g/mol. The lowest BCUT2D eigenvalue weighted by atomic mass is 10.1. The van der Waals surface area contributed by atoms with E-state index in [1.165, 1.54) is 12.5 Å². The molecular weight excluding hydrogens is 328 g/mol. The maximum absolute atomic E-state index is 11.1. The molecule has 7 nitrogen and oxygen atoms in total. The van der Waals surface area contributed by atoms with Gasteiger partial charge in [-0.25, -0.2) is 0 Å². The van der Waals surface area contributed by atoms with E-state index in [-0.39, 0.29) is 5.91 Å². The fraction of sp³-hybridized carbons (Fsp3) is 0.158. The normalized spacial score (nSPS) is 10.2. The zero-order chi connectivity index (χ0) is 18.4. The molecule has 7 heteroatoms. The van der Waals surface area contributed by atoms with Crippen LogP contribution in [0.3, 0.4) is 0 Å². The van der Waals surface area contributed by atoms with Crippen LogP contribution in [0.1, 0.15) is 19.4 Å². The third-order valence-electron chi connectivity index (χ3n) is 3.65. The molecule has 0 saturated carbocycles. The van der Waals surface area contributed by atoms with Crippen molar-refractivity contribution in [3.63, 3.8) is 0 Å². The lowest BCUT2D eigenvalue weighted by Gasteiger charge is -2.09. The van der Waals surface area contributed by atoms with Gasteiger partial charge in [0.15, 0.2) is 5.82 Å². The van der Waals surface area contributed by atoms with Crippen LogP contribution in [0.4, 0.5) is 28.8 Å². The molecule has 0 saturated heterocycles. The molecule has 26 heavy (non-hydrogen) atoms. The number of rotatable bonds is 6. The third-order valence-corrected chi connectivity index (χ3v) is 3.65. The Hall–Kier alpha value is -3.48. The zero-order valence-corrected chi connectivity index (χ0v) is 14.7. The Morgan fingerprint density at radius 1 is 0.923 bits per heavy atom. The average Bonchev–Trinajstić information content (AvgIpc) is 2.64. The van der Waals surface area contributed by atoms with Crippen LogP contribution in [0.2, 0.25) is 0 Å². The molecule has 1 amide bonds. The minimum Gasteiger partial charge on any atom is -0.339 e. The van der Waals surface area contributed by atoms with Gasteiger partial charge in [0.2, 0.25) is 11.9 Å². The molecule has 0 aliphatic rings. The van der Waals surface area contributed by atoms with Gasteiger partial charge >= 0.3 is 0 Å². The molecule has 132 valence electrons. The van der Waals surface area contributed by atoms with E-state index in [4.69, 9.17) is 0 Å². The summed E-state index contributed by atoms with van der Waals surface area (Å²) in [6, 6.07) is 15.4. The Morgan fingerprint density at radius 2 is 1.54 bits per heavy atom. The number of benzene rings is 2. The molecule has 0 fully saturated rings. The third kappa shape index (κ3) is 4.76. The van der Waals surface area contributed by atoms with Crippen LogP contribution < -0.4 is 16.0 Å². The van der Waals surface area contributed by atoms with Crippen LogP contribution in [0.15, 0.2) is 54.7 Å². The van der Waals surface area contributed by atoms with Crippen LogP contribution in [0.5, 0.6) is 0 Å². The largest absolute Gasteiger partial charge is 0.339 e. The van der Waals surface area contributed by atoms with Gasteiger partial charge in [0.05, 0.1) is 6.20 Å². The van der Waals surface area contributed by atoms with Crippen LogP contribution in [-0.4, -0.2) is 21.1 Å². The average molecular weight is 348 g/mol. The van der Waals surface area contributed by atoms with Crippen LogP contribution in [0, 0.1) is 0 Å². The van der Waals surface area contributed by atoms with Crippen LogP contribution in [-0.2, 0) is 11.2 Å². The van der Waals surface area contributed by atoms with E-state index < -0.39 is 0 Å². The summed E-state index contributed by atoms with van der Waals surface area (Å²) in [5, 5.41) is 17.0. The summed E-state index contributed by atoms with van der Waals surface area (Å²) < 4.78 is 0. The lowest BCUT2D eigenvalue weighted by molar-refractivity contribution is -0.114. The number of nitrogens with one attached hydrogen (secondary N) is 3. The zero-order valence-electron chi connectivity index (χ0n) is 14.7. The summed E-state index contributed by atoms with van der Waals surface area (Å²) in [6.45, 7) is 3.59. The maximum atomic E-state index is 11.1. The second kappa shape index (κ2) is 8.06. The predicted molar refractivity (Wildman–Crippen MR) is 103 cm³/mol. The first-order valence-corrected chi connectivity index (χ1v) is 8.33. The molecule has 0 unspecified atom stereocenters. The highest BCUT2D eigenvalue weighted by atomic mass is 16.1. The SMILES string of the molecule is CCc1ccc(Nc2nncc(Nc3ccc(NC(C)=O)cc3)n2)cc1. The van der Waals surface area contributed by atoms with Crippen molar-refractivity contribution >= 4 is 34.7 Å². The summed E-state index contributed by atoms with van der Waals surface area (Å²) in [5.41, 5.74) is 3.74.